The van der Waals surface area contributed by atoms with E-state index in [-0.39, 0.29) is 5.96 Å². The van der Waals surface area contributed by atoms with Crippen molar-refractivity contribution in [1.29, 1.82) is 0 Å². The molecular formula is C12H26N4. The summed E-state index contributed by atoms with van der Waals surface area (Å²) in [4.78, 5) is 6.78. The van der Waals surface area contributed by atoms with Gasteiger partial charge in [0.25, 0.3) is 0 Å². The van der Waals surface area contributed by atoms with Gasteiger partial charge in [-0.1, -0.05) is 26.7 Å². The van der Waals surface area contributed by atoms with Crippen LogP contribution in [0, 0.1) is 5.92 Å². The summed E-state index contributed by atoms with van der Waals surface area (Å²) in [7, 11) is 0. The second-order valence-electron chi connectivity index (χ2n) is 4.65. The van der Waals surface area contributed by atoms with Gasteiger partial charge in [-0.05, 0) is 31.8 Å². The van der Waals surface area contributed by atoms with E-state index in [1.165, 1.54) is 38.8 Å². The van der Waals surface area contributed by atoms with Crippen molar-refractivity contribution in [3.63, 3.8) is 0 Å². The first kappa shape index (κ1) is 13.3. The molecule has 4 heteroatoms. The zero-order chi connectivity index (χ0) is 12.0. The fraction of sp³-hybridized carbons (Fsp3) is 0.917. The summed E-state index contributed by atoms with van der Waals surface area (Å²) >= 11 is 0. The Morgan fingerprint density at radius 2 is 1.75 bits per heavy atom. The van der Waals surface area contributed by atoms with E-state index in [9.17, 15) is 0 Å². The van der Waals surface area contributed by atoms with E-state index >= 15 is 0 Å². The Morgan fingerprint density at radius 3 is 2.19 bits per heavy atom. The molecule has 1 rings (SSSR count). The number of aliphatic imine (C=N–C) groups is 1. The van der Waals surface area contributed by atoms with Crippen LogP contribution in [0.2, 0.25) is 0 Å². The maximum atomic E-state index is 5.43. The monoisotopic (exact) mass is 226 g/mol. The first-order valence-electron chi connectivity index (χ1n) is 6.48. The Kier molecular flexibility index (Phi) is 5.60. The molecule has 1 atom stereocenters. The quantitative estimate of drug-likeness (QED) is 0.527. The normalized spacial score (nSPS) is 18.9. The summed E-state index contributed by atoms with van der Waals surface area (Å²) in [6, 6.07) is 0.527. The molecule has 1 saturated heterocycles. The lowest BCUT2D eigenvalue weighted by Crippen LogP contribution is -2.41. The number of nitrogens with two attached hydrogens (primary N) is 2. The van der Waals surface area contributed by atoms with E-state index in [1.54, 1.807) is 0 Å². The van der Waals surface area contributed by atoms with Crippen LogP contribution in [0.1, 0.15) is 39.5 Å². The van der Waals surface area contributed by atoms with Gasteiger partial charge in [-0.3, -0.25) is 9.89 Å². The fourth-order valence-electron chi connectivity index (χ4n) is 2.67. The lowest BCUT2D eigenvalue weighted by Gasteiger charge is -2.32. The Labute approximate surface area is 99.1 Å². The highest BCUT2D eigenvalue weighted by Crippen LogP contribution is 2.23. The van der Waals surface area contributed by atoms with Gasteiger partial charge in [-0.2, -0.15) is 0 Å². The van der Waals surface area contributed by atoms with Gasteiger partial charge in [0, 0.05) is 6.04 Å². The van der Waals surface area contributed by atoms with Crippen molar-refractivity contribution in [2.24, 2.45) is 22.4 Å². The molecular weight excluding hydrogens is 200 g/mol. The van der Waals surface area contributed by atoms with Gasteiger partial charge in [-0.25, -0.2) is 0 Å². The highest BCUT2D eigenvalue weighted by Gasteiger charge is 2.27. The molecule has 1 aliphatic rings. The first-order valence-corrected chi connectivity index (χ1v) is 6.48. The lowest BCUT2D eigenvalue weighted by atomic mass is 9.93. The third-order valence-corrected chi connectivity index (χ3v) is 3.66. The standard InChI is InChI=1S/C12H26N4/c1-3-10(4-2)11(9-15-12(13)14)16-7-5-6-8-16/h10-11H,3-9H2,1-2H3,(H4,13,14,15)/t11-/m0/s1. The molecule has 0 aromatic carbocycles. The maximum Gasteiger partial charge on any atom is 0.185 e. The number of likely N-dealkylation sites (tertiary alicyclic amines) is 1. The fourth-order valence-corrected chi connectivity index (χ4v) is 2.67. The Balaban J connectivity index is 2.62. The van der Waals surface area contributed by atoms with E-state index < -0.39 is 0 Å². The van der Waals surface area contributed by atoms with Crippen molar-refractivity contribution in [2.75, 3.05) is 19.6 Å². The number of nitrogens with zero attached hydrogens (tertiary/aromatic N) is 2. The van der Waals surface area contributed by atoms with Crippen LogP contribution in [0.25, 0.3) is 0 Å². The van der Waals surface area contributed by atoms with Crippen LogP contribution < -0.4 is 11.5 Å². The minimum Gasteiger partial charge on any atom is -0.370 e. The number of guanidine groups is 1. The Bertz CT molecular complexity index is 211. The topological polar surface area (TPSA) is 67.6 Å². The van der Waals surface area contributed by atoms with Crippen LogP contribution in [0.4, 0.5) is 0 Å². The van der Waals surface area contributed by atoms with E-state index in [1.807, 2.05) is 0 Å². The second kappa shape index (κ2) is 6.74. The van der Waals surface area contributed by atoms with Crippen LogP contribution >= 0.6 is 0 Å². The van der Waals surface area contributed by atoms with Crippen LogP contribution in [0.5, 0.6) is 0 Å². The smallest absolute Gasteiger partial charge is 0.185 e. The zero-order valence-corrected chi connectivity index (χ0v) is 10.7. The number of rotatable bonds is 6. The predicted octanol–water partition coefficient (Wildman–Crippen LogP) is 1.16. The van der Waals surface area contributed by atoms with Crippen molar-refractivity contribution in [1.82, 2.24) is 4.90 Å². The van der Waals surface area contributed by atoms with Gasteiger partial charge in [0.1, 0.15) is 0 Å². The van der Waals surface area contributed by atoms with E-state index in [2.05, 4.69) is 23.7 Å². The van der Waals surface area contributed by atoms with Gasteiger partial charge in [-0.15, -0.1) is 0 Å². The molecule has 0 spiro atoms. The van der Waals surface area contributed by atoms with Gasteiger partial charge < -0.3 is 11.5 Å². The Hall–Kier alpha value is -0.770. The van der Waals surface area contributed by atoms with Crippen LogP contribution in [0.3, 0.4) is 0 Å². The minimum absolute atomic E-state index is 0.218. The predicted molar refractivity (Wildman–Crippen MR) is 69.3 cm³/mol. The summed E-state index contributed by atoms with van der Waals surface area (Å²) in [5.74, 6) is 0.927. The molecule has 1 aliphatic heterocycles. The first-order chi connectivity index (χ1) is 7.69. The largest absolute Gasteiger partial charge is 0.370 e. The van der Waals surface area contributed by atoms with Crippen molar-refractivity contribution >= 4 is 5.96 Å². The lowest BCUT2D eigenvalue weighted by molar-refractivity contribution is 0.172. The van der Waals surface area contributed by atoms with Gasteiger partial charge >= 0.3 is 0 Å². The SMILES string of the molecule is CCC(CC)[C@H](CN=C(N)N)N1CCCC1. The van der Waals surface area contributed by atoms with Crippen molar-refractivity contribution in [3.8, 4) is 0 Å². The molecule has 4 nitrogen and oxygen atoms in total. The summed E-state index contributed by atoms with van der Waals surface area (Å²) in [6.07, 6.45) is 5.05. The Morgan fingerprint density at radius 1 is 1.19 bits per heavy atom. The summed E-state index contributed by atoms with van der Waals surface area (Å²) in [6.45, 7) is 7.69. The molecule has 0 saturated carbocycles. The highest BCUT2D eigenvalue weighted by molar-refractivity contribution is 5.75. The average molecular weight is 226 g/mol. The molecule has 0 aromatic rings. The number of hydrogen-bond acceptors (Lipinski definition) is 2. The van der Waals surface area contributed by atoms with E-state index in [4.69, 9.17) is 11.5 Å². The highest BCUT2D eigenvalue weighted by atomic mass is 15.2. The van der Waals surface area contributed by atoms with Crippen LogP contribution in [-0.4, -0.2) is 36.5 Å². The van der Waals surface area contributed by atoms with Crippen LogP contribution in [-0.2, 0) is 0 Å². The third-order valence-electron chi connectivity index (χ3n) is 3.66. The summed E-state index contributed by atoms with van der Waals surface area (Å²) in [5.41, 5.74) is 10.9. The molecule has 0 unspecified atom stereocenters. The molecule has 0 bridgehead atoms. The van der Waals surface area contributed by atoms with Crippen molar-refractivity contribution in [2.45, 2.75) is 45.6 Å². The van der Waals surface area contributed by atoms with Crippen molar-refractivity contribution < 1.29 is 0 Å². The molecule has 0 radical (unpaired) electrons. The molecule has 1 heterocycles. The van der Waals surface area contributed by atoms with E-state index in [0.29, 0.717) is 12.0 Å². The van der Waals surface area contributed by atoms with Gasteiger partial charge in [0.15, 0.2) is 5.96 Å². The van der Waals surface area contributed by atoms with Crippen LogP contribution in [0.15, 0.2) is 4.99 Å². The maximum absolute atomic E-state index is 5.43. The second-order valence-corrected chi connectivity index (χ2v) is 4.65. The van der Waals surface area contributed by atoms with E-state index in [0.717, 1.165) is 6.54 Å². The van der Waals surface area contributed by atoms with Crippen molar-refractivity contribution in [3.05, 3.63) is 0 Å². The van der Waals surface area contributed by atoms with Gasteiger partial charge in [0.2, 0.25) is 0 Å². The molecule has 0 aromatic heterocycles. The third kappa shape index (κ3) is 3.67. The average Bonchev–Trinajstić information content (AvgIpc) is 2.77. The molecule has 0 aliphatic carbocycles. The number of hydrogen-bond donors (Lipinski definition) is 2. The summed E-state index contributed by atoms with van der Waals surface area (Å²) < 4.78 is 0. The van der Waals surface area contributed by atoms with Gasteiger partial charge in [0.05, 0.1) is 6.54 Å². The molecule has 0 amide bonds. The molecule has 4 N–H and O–H groups in total. The molecule has 1 fully saturated rings. The summed E-state index contributed by atoms with van der Waals surface area (Å²) in [5, 5.41) is 0. The minimum atomic E-state index is 0.218. The molecule has 16 heavy (non-hydrogen) atoms. The molecule has 94 valence electrons. The zero-order valence-electron chi connectivity index (χ0n) is 10.7.